The van der Waals surface area contributed by atoms with Gasteiger partial charge in [0, 0.05) is 0 Å². The third-order valence-corrected chi connectivity index (χ3v) is 4.41. The fourth-order valence-corrected chi connectivity index (χ4v) is 2.47. The van der Waals surface area contributed by atoms with E-state index in [4.69, 9.17) is 0 Å². The molecular weight excluding hydrogens is 298 g/mol. The number of nitrogens with zero attached hydrogens (tertiary/aromatic N) is 4. The summed E-state index contributed by atoms with van der Waals surface area (Å²) in [6.45, 7) is 1.36. The molecule has 9 nitrogen and oxygen atoms in total. The number of hydrogen-bond acceptors (Lipinski definition) is 7. The van der Waals surface area contributed by atoms with Crippen LogP contribution in [0, 0.1) is 0 Å². The first-order valence-corrected chi connectivity index (χ1v) is 7.64. The van der Waals surface area contributed by atoms with Crippen LogP contribution in [0.2, 0.25) is 0 Å². The number of carbonyl (C=O) groups excluding carboxylic acids is 1. The number of amides is 1. The average molecular weight is 311 g/mol. The molecule has 0 saturated heterocycles. The van der Waals surface area contributed by atoms with Gasteiger partial charge < -0.3 is 10.4 Å². The lowest BCUT2D eigenvalue weighted by atomic mass is 10.3. The number of anilines is 1. The van der Waals surface area contributed by atoms with Gasteiger partial charge in [0.15, 0.2) is 9.84 Å². The number of benzene rings is 1. The van der Waals surface area contributed by atoms with Gasteiger partial charge >= 0.3 is 0 Å². The number of carbonyl (C=O) groups is 1. The van der Waals surface area contributed by atoms with Crippen molar-refractivity contribution < 1.29 is 18.3 Å². The van der Waals surface area contributed by atoms with Crippen molar-refractivity contribution in [1.29, 1.82) is 0 Å². The molecule has 0 aliphatic carbocycles. The topological polar surface area (TPSA) is 127 Å². The van der Waals surface area contributed by atoms with Crippen molar-refractivity contribution in [3.8, 4) is 5.75 Å². The lowest BCUT2D eigenvalue weighted by Crippen LogP contribution is -2.19. The minimum absolute atomic E-state index is 0.0163. The highest BCUT2D eigenvalue weighted by Crippen LogP contribution is 2.26. The highest BCUT2D eigenvalue weighted by molar-refractivity contribution is 7.91. The van der Waals surface area contributed by atoms with Gasteiger partial charge in [0.2, 0.25) is 5.91 Å². The Kier molecular flexibility index (Phi) is 4.17. The first-order valence-electron chi connectivity index (χ1n) is 5.99. The summed E-state index contributed by atoms with van der Waals surface area (Å²) in [5.41, 5.74) is 0.0163. The number of phenols is 1. The lowest BCUT2D eigenvalue weighted by Gasteiger charge is -2.09. The third-order valence-electron chi connectivity index (χ3n) is 2.68. The van der Waals surface area contributed by atoms with Crippen LogP contribution in [0.1, 0.15) is 6.92 Å². The second kappa shape index (κ2) is 5.87. The first kappa shape index (κ1) is 14.9. The van der Waals surface area contributed by atoms with E-state index in [0.29, 0.717) is 0 Å². The van der Waals surface area contributed by atoms with E-state index in [-0.39, 0.29) is 28.6 Å². The Balaban J connectivity index is 2.19. The largest absolute Gasteiger partial charge is 0.506 e. The van der Waals surface area contributed by atoms with E-state index in [1.54, 1.807) is 0 Å². The fraction of sp³-hybridized carbons (Fsp3) is 0.273. The molecule has 0 aliphatic heterocycles. The van der Waals surface area contributed by atoms with Crippen molar-refractivity contribution in [3.05, 3.63) is 24.5 Å². The number of hydrogen-bond donors (Lipinski definition) is 2. The number of sulfone groups is 1. The summed E-state index contributed by atoms with van der Waals surface area (Å²) in [4.78, 5) is 11.8. The van der Waals surface area contributed by atoms with E-state index in [9.17, 15) is 18.3 Å². The zero-order valence-corrected chi connectivity index (χ0v) is 11.9. The van der Waals surface area contributed by atoms with Crippen LogP contribution in [0.4, 0.5) is 5.69 Å². The molecule has 0 bridgehead atoms. The SMILES string of the molecule is CCS(=O)(=O)c1ccc(O)c(NC(=O)Cn2cnnn2)c1. The van der Waals surface area contributed by atoms with Gasteiger partial charge in [-0.2, -0.15) is 0 Å². The summed E-state index contributed by atoms with van der Waals surface area (Å²) in [7, 11) is -3.42. The molecule has 1 aromatic heterocycles. The van der Waals surface area contributed by atoms with Crippen molar-refractivity contribution in [2.75, 3.05) is 11.1 Å². The summed E-state index contributed by atoms with van der Waals surface area (Å²) in [5.74, 6) is -0.797. The molecule has 112 valence electrons. The Bertz CT molecular complexity index is 742. The van der Waals surface area contributed by atoms with Crippen LogP contribution in [0.25, 0.3) is 0 Å². The van der Waals surface area contributed by atoms with E-state index in [1.165, 1.54) is 36.1 Å². The predicted octanol–water partition coefficient (Wildman–Crippen LogP) is -0.189. The molecule has 21 heavy (non-hydrogen) atoms. The monoisotopic (exact) mass is 311 g/mol. The highest BCUT2D eigenvalue weighted by atomic mass is 32.2. The predicted molar refractivity (Wildman–Crippen MR) is 72.3 cm³/mol. The molecule has 10 heteroatoms. The molecule has 0 atom stereocenters. The maximum absolute atomic E-state index is 11.8. The number of tetrazole rings is 1. The lowest BCUT2D eigenvalue weighted by molar-refractivity contribution is -0.116. The van der Waals surface area contributed by atoms with E-state index in [2.05, 4.69) is 20.8 Å². The van der Waals surface area contributed by atoms with Gasteiger partial charge in [-0.1, -0.05) is 6.92 Å². The van der Waals surface area contributed by atoms with Gasteiger partial charge in [-0.3, -0.25) is 4.79 Å². The maximum Gasteiger partial charge on any atom is 0.246 e. The molecule has 0 spiro atoms. The van der Waals surface area contributed by atoms with Crippen molar-refractivity contribution >= 4 is 21.4 Å². The zero-order chi connectivity index (χ0) is 15.5. The Morgan fingerprint density at radius 1 is 1.43 bits per heavy atom. The average Bonchev–Trinajstić information content (AvgIpc) is 2.93. The van der Waals surface area contributed by atoms with E-state index in [0.717, 1.165) is 0 Å². The zero-order valence-electron chi connectivity index (χ0n) is 11.1. The second-order valence-electron chi connectivity index (χ2n) is 4.14. The number of aromatic hydroxyl groups is 1. The van der Waals surface area contributed by atoms with Crippen molar-refractivity contribution in [1.82, 2.24) is 20.2 Å². The summed E-state index contributed by atoms with van der Waals surface area (Å²) in [6.07, 6.45) is 1.26. The normalized spacial score (nSPS) is 11.3. The third kappa shape index (κ3) is 3.54. The molecule has 0 fully saturated rings. The summed E-state index contributed by atoms with van der Waals surface area (Å²) in [6, 6.07) is 3.71. The highest BCUT2D eigenvalue weighted by Gasteiger charge is 2.15. The number of nitrogens with one attached hydrogen (secondary N) is 1. The van der Waals surface area contributed by atoms with Crippen LogP contribution in [0.3, 0.4) is 0 Å². The van der Waals surface area contributed by atoms with Crippen LogP contribution in [0.15, 0.2) is 29.4 Å². The second-order valence-corrected chi connectivity index (χ2v) is 6.42. The smallest absolute Gasteiger partial charge is 0.246 e. The van der Waals surface area contributed by atoms with Gasteiger partial charge in [0.1, 0.15) is 18.6 Å². The van der Waals surface area contributed by atoms with Crippen LogP contribution >= 0.6 is 0 Å². The molecular formula is C11H13N5O4S. The van der Waals surface area contributed by atoms with Crippen molar-refractivity contribution in [2.24, 2.45) is 0 Å². The van der Waals surface area contributed by atoms with Crippen LogP contribution in [-0.4, -0.2) is 45.4 Å². The number of aromatic nitrogens is 4. The minimum Gasteiger partial charge on any atom is -0.506 e. The fourth-order valence-electron chi connectivity index (χ4n) is 1.56. The molecule has 2 N–H and O–H groups in total. The van der Waals surface area contributed by atoms with Gasteiger partial charge in [-0.05, 0) is 28.6 Å². The van der Waals surface area contributed by atoms with Gasteiger partial charge in [0.25, 0.3) is 0 Å². The Hall–Kier alpha value is -2.49. The Labute approximate surface area is 120 Å². The van der Waals surface area contributed by atoms with Crippen LogP contribution in [0.5, 0.6) is 5.75 Å². The standard InChI is InChI=1S/C11H13N5O4S/c1-2-21(19,20)8-3-4-10(17)9(5-8)13-11(18)6-16-7-12-14-15-16/h3-5,7,17H,2,6H2,1H3,(H,13,18). The first-order chi connectivity index (χ1) is 9.92. The van der Waals surface area contributed by atoms with Gasteiger partial charge in [-0.15, -0.1) is 5.10 Å². The molecule has 0 radical (unpaired) electrons. The van der Waals surface area contributed by atoms with E-state index >= 15 is 0 Å². The minimum atomic E-state index is -3.42. The molecule has 1 heterocycles. The maximum atomic E-state index is 11.8. The van der Waals surface area contributed by atoms with Gasteiger partial charge in [-0.25, -0.2) is 13.1 Å². The quantitative estimate of drug-likeness (QED) is 0.733. The Morgan fingerprint density at radius 2 is 2.19 bits per heavy atom. The molecule has 2 rings (SSSR count). The molecule has 1 amide bonds. The van der Waals surface area contributed by atoms with Crippen LogP contribution < -0.4 is 5.32 Å². The summed E-state index contributed by atoms with van der Waals surface area (Å²) >= 11 is 0. The Morgan fingerprint density at radius 3 is 2.81 bits per heavy atom. The molecule has 1 aromatic carbocycles. The number of rotatable bonds is 5. The van der Waals surface area contributed by atoms with E-state index in [1.807, 2.05) is 0 Å². The van der Waals surface area contributed by atoms with E-state index < -0.39 is 15.7 Å². The summed E-state index contributed by atoms with van der Waals surface area (Å²) < 4.78 is 24.8. The number of phenolic OH excluding ortho intramolecular Hbond substituents is 1. The molecule has 0 unspecified atom stereocenters. The summed E-state index contributed by atoms with van der Waals surface area (Å²) in [5, 5.41) is 22.4. The van der Waals surface area contributed by atoms with Crippen molar-refractivity contribution in [2.45, 2.75) is 18.4 Å². The molecule has 0 saturated carbocycles. The van der Waals surface area contributed by atoms with Crippen LogP contribution in [-0.2, 0) is 21.2 Å². The molecule has 0 aliphatic rings. The van der Waals surface area contributed by atoms with Crippen molar-refractivity contribution in [3.63, 3.8) is 0 Å². The molecule has 2 aromatic rings. The van der Waals surface area contributed by atoms with Gasteiger partial charge in [0.05, 0.1) is 16.3 Å².